The van der Waals surface area contributed by atoms with E-state index in [2.05, 4.69) is 17.2 Å². The lowest BCUT2D eigenvalue weighted by molar-refractivity contribution is 0.309. The smallest absolute Gasteiger partial charge is 0.0338 e. The molecule has 0 bridgehead atoms. The molecule has 1 nitrogen and oxygen atoms in total. The Balaban J connectivity index is 2.43. The molecule has 1 fully saturated rings. The van der Waals surface area contributed by atoms with Gasteiger partial charge in [-0.3, -0.25) is 0 Å². The number of piperidine rings is 1. The second-order valence-corrected chi connectivity index (χ2v) is 3.27. The molecule has 1 aliphatic heterocycles. The van der Waals surface area contributed by atoms with E-state index in [0.29, 0.717) is 11.8 Å². The molecule has 1 unspecified atom stereocenters. The number of rotatable bonds is 2. The maximum atomic E-state index is 5.42. The van der Waals surface area contributed by atoms with Crippen molar-refractivity contribution in [2.24, 2.45) is 11.8 Å². The Kier molecular flexibility index (Phi) is 3.71. The first-order valence-corrected chi connectivity index (χ1v) is 4.48. The molecule has 0 radical (unpaired) electrons. The Labute approximate surface area is 74.9 Å². The van der Waals surface area contributed by atoms with Crippen LogP contribution in [0.5, 0.6) is 0 Å². The van der Waals surface area contributed by atoms with E-state index < -0.39 is 0 Å². The van der Waals surface area contributed by atoms with Crippen molar-refractivity contribution in [2.75, 3.05) is 13.1 Å². The lowest BCUT2D eigenvalue weighted by atomic mass is 9.83. The molecule has 1 N–H and O–H groups in total. The van der Waals surface area contributed by atoms with Crippen molar-refractivity contribution in [3.8, 4) is 24.7 Å². The highest BCUT2D eigenvalue weighted by atomic mass is 14.9. The van der Waals surface area contributed by atoms with Crippen molar-refractivity contribution in [1.82, 2.24) is 5.32 Å². The van der Waals surface area contributed by atoms with Crippen molar-refractivity contribution in [2.45, 2.75) is 19.3 Å². The topological polar surface area (TPSA) is 12.0 Å². The quantitative estimate of drug-likeness (QED) is 0.601. The fourth-order valence-electron chi connectivity index (χ4n) is 1.74. The van der Waals surface area contributed by atoms with E-state index in [4.69, 9.17) is 12.8 Å². The van der Waals surface area contributed by atoms with E-state index >= 15 is 0 Å². The Bertz CT molecular complexity index is 200. The number of hydrogen-bond donors (Lipinski definition) is 1. The number of hydrogen-bond acceptors (Lipinski definition) is 1. The molecule has 1 rings (SSSR count). The first-order valence-electron chi connectivity index (χ1n) is 4.48. The molecule has 12 heavy (non-hydrogen) atoms. The number of nitrogens with one attached hydrogen (secondary N) is 1. The first kappa shape index (κ1) is 9.17. The highest BCUT2D eigenvalue weighted by molar-refractivity contribution is 5.03. The van der Waals surface area contributed by atoms with E-state index in [9.17, 15) is 0 Å². The first-order chi connectivity index (χ1) is 5.88. The third-order valence-electron chi connectivity index (χ3n) is 2.50. The van der Waals surface area contributed by atoms with Gasteiger partial charge in [0.1, 0.15) is 0 Å². The highest BCUT2D eigenvalue weighted by Crippen LogP contribution is 2.23. The minimum atomic E-state index is 0.303. The average molecular weight is 161 g/mol. The maximum absolute atomic E-state index is 5.42. The zero-order chi connectivity index (χ0) is 8.81. The second kappa shape index (κ2) is 4.86. The Morgan fingerprint density at radius 2 is 2.00 bits per heavy atom. The van der Waals surface area contributed by atoms with Gasteiger partial charge in [0.15, 0.2) is 0 Å². The molecule has 0 amide bonds. The van der Waals surface area contributed by atoms with Crippen LogP contribution in [0.3, 0.4) is 0 Å². The van der Waals surface area contributed by atoms with E-state index in [0.717, 1.165) is 19.5 Å². The maximum Gasteiger partial charge on any atom is 0.0338 e. The molecule has 1 aliphatic rings. The molecule has 0 aliphatic carbocycles. The van der Waals surface area contributed by atoms with Crippen molar-refractivity contribution in [3.63, 3.8) is 0 Å². The van der Waals surface area contributed by atoms with Gasteiger partial charge in [-0.2, -0.15) is 0 Å². The summed E-state index contributed by atoms with van der Waals surface area (Å²) in [5.74, 6) is 6.40. The molecular formula is C11H15N. The van der Waals surface area contributed by atoms with Gasteiger partial charge < -0.3 is 5.32 Å². The van der Waals surface area contributed by atoms with Gasteiger partial charge >= 0.3 is 0 Å². The fourth-order valence-corrected chi connectivity index (χ4v) is 1.74. The van der Waals surface area contributed by atoms with Crippen molar-refractivity contribution >= 4 is 0 Å². The van der Waals surface area contributed by atoms with Crippen molar-refractivity contribution in [1.29, 1.82) is 0 Å². The van der Waals surface area contributed by atoms with Crippen LogP contribution in [0.15, 0.2) is 0 Å². The lowest BCUT2D eigenvalue weighted by Crippen LogP contribution is -2.31. The van der Waals surface area contributed by atoms with E-state index in [1.54, 1.807) is 0 Å². The predicted octanol–water partition coefficient (Wildman–Crippen LogP) is 1.26. The SMILES string of the molecule is C#CCC(C#C)C1CCNCC1. The third kappa shape index (κ3) is 2.29. The van der Waals surface area contributed by atoms with E-state index in [1.165, 1.54) is 12.8 Å². The second-order valence-electron chi connectivity index (χ2n) is 3.27. The van der Waals surface area contributed by atoms with E-state index in [-0.39, 0.29) is 0 Å². The van der Waals surface area contributed by atoms with Crippen LogP contribution >= 0.6 is 0 Å². The van der Waals surface area contributed by atoms with Crippen LogP contribution < -0.4 is 5.32 Å². The average Bonchev–Trinajstić information content (AvgIpc) is 2.15. The standard InChI is InChI=1S/C11H15N/c1-3-5-10(4-2)11-6-8-12-9-7-11/h1-2,10-12H,5-9H2. The van der Waals surface area contributed by atoms with E-state index in [1.807, 2.05) is 0 Å². The Morgan fingerprint density at radius 1 is 1.33 bits per heavy atom. The van der Waals surface area contributed by atoms with Crippen LogP contribution in [0.1, 0.15) is 19.3 Å². The van der Waals surface area contributed by atoms with Gasteiger partial charge in [0.2, 0.25) is 0 Å². The van der Waals surface area contributed by atoms with Gasteiger partial charge in [0.25, 0.3) is 0 Å². The molecular weight excluding hydrogens is 146 g/mol. The minimum Gasteiger partial charge on any atom is -0.317 e. The fraction of sp³-hybridized carbons (Fsp3) is 0.636. The van der Waals surface area contributed by atoms with Crippen LogP contribution in [0, 0.1) is 36.5 Å². The van der Waals surface area contributed by atoms with Crippen molar-refractivity contribution < 1.29 is 0 Å². The van der Waals surface area contributed by atoms with Crippen LogP contribution in [0.25, 0.3) is 0 Å². The summed E-state index contributed by atoms with van der Waals surface area (Å²) in [5.41, 5.74) is 0. The summed E-state index contributed by atoms with van der Waals surface area (Å²) in [6.07, 6.45) is 13.8. The summed E-state index contributed by atoms with van der Waals surface area (Å²) < 4.78 is 0. The third-order valence-corrected chi connectivity index (χ3v) is 2.50. The van der Waals surface area contributed by atoms with Crippen LogP contribution in [0.4, 0.5) is 0 Å². The summed E-state index contributed by atoms with van der Waals surface area (Å²) in [7, 11) is 0. The normalized spacial score (nSPS) is 20.8. The molecule has 64 valence electrons. The van der Waals surface area contributed by atoms with Gasteiger partial charge in [0, 0.05) is 12.3 Å². The monoisotopic (exact) mass is 161 g/mol. The molecule has 1 atom stereocenters. The predicted molar refractivity (Wildman–Crippen MR) is 51.4 cm³/mol. The zero-order valence-electron chi connectivity index (χ0n) is 7.34. The summed E-state index contributed by atoms with van der Waals surface area (Å²) in [4.78, 5) is 0. The van der Waals surface area contributed by atoms with Gasteiger partial charge in [-0.15, -0.1) is 24.7 Å². The molecule has 1 heterocycles. The summed E-state index contributed by atoms with van der Waals surface area (Å²) in [6, 6.07) is 0. The zero-order valence-corrected chi connectivity index (χ0v) is 7.34. The largest absolute Gasteiger partial charge is 0.317 e. The van der Waals surface area contributed by atoms with Gasteiger partial charge in [0.05, 0.1) is 0 Å². The molecule has 0 saturated carbocycles. The molecule has 0 aromatic heterocycles. The van der Waals surface area contributed by atoms with Crippen LogP contribution in [0.2, 0.25) is 0 Å². The van der Waals surface area contributed by atoms with Gasteiger partial charge in [-0.25, -0.2) is 0 Å². The Morgan fingerprint density at radius 3 is 2.50 bits per heavy atom. The molecule has 1 saturated heterocycles. The van der Waals surface area contributed by atoms with Crippen molar-refractivity contribution in [3.05, 3.63) is 0 Å². The number of terminal acetylenes is 2. The highest BCUT2D eigenvalue weighted by Gasteiger charge is 2.20. The summed E-state index contributed by atoms with van der Waals surface area (Å²) in [5, 5.41) is 3.32. The molecule has 1 heteroatoms. The summed E-state index contributed by atoms with van der Waals surface area (Å²) >= 11 is 0. The minimum absolute atomic E-state index is 0.303. The van der Waals surface area contributed by atoms with Gasteiger partial charge in [-0.1, -0.05) is 0 Å². The van der Waals surface area contributed by atoms with Gasteiger partial charge in [-0.05, 0) is 31.8 Å². The Hall–Kier alpha value is -0.920. The van der Waals surface area contributed by atoms with Crippen LogP contribution in [-0.4, -0.2) is 13.1 Å². The lowest BCUT2D eigenvalue weighted by Gasteiger charge is -2.26. The van der Waals surface area contributed by atoms with Crippen LogP contribution in [-0.2, 0) is 0 Å². The molecule has 0 aromatic rings. The summed E-state index contributed by atoms with van der Waals surface area (Å²) in [6.45, 7) is 2.18. The molecule has 0 aromatic carbocycles. The molecule has 0 spiro atoms.